The summed E-state index contributed by atoms with van der Waals surface area (Å²) in [6, 6.07) is 23.9. The molecule has 1 atom stereocenters. The van der Waals surface area contributed by atoms with Crippen LogP contribution < -0.4 is 15.4 Å². The summed E-state index contributed by atoms with van der Waals surface area (Å²) in [5.74, 6) is 0.298. The molecule has 0 aromatic heterocycles. The molecule has 31 heavy (non-hydrogen) atoms. The topological polar surface area (TPSA) is 54.9 Å². The van der Waals surface area contributed by atoms with Gasteiger partial charge in [-0.05, 0) is 41.8 Å². The Kier molecular flexibility index (Phi) is 7.73. The third-order valence-electron chi connectivity index (χ3n) is 5.02. The van der Waals surface area contributed by atoms with E-state index in [0.29, 0.717) is 5.92 Å². The predicted octanol–water partition coefficient (Wildman–Crippen LogP) is 4.70. The summed E-state index contributed by atoms with van der Waals surface area (Å²) in [6.07, 6.45) is 0. The smallest absolute Gasteiger partial charge is 0.387 e. The largest absolute Gasteiger partial charge is 0.435 e. The van der Waals surface area contributed by atoms with Crippen molar-refractivity contribution < 1.29 is 23.6 Å². The molecule has 0 unspecified atom stereocenters. The van der Waals surface area contributed by atoms with Gasteiger partial charge in [0.25, 0.3) is 5.91 Å². The van der Waals surface area contributed by atoms with Gasteiger partial charge in [-0.15, -0.1) is 0 Å². The Morgan fingerprint density at radius 2 is 1.52 bits per heavy atom. The fourth-order valence-corrected chi connectivity index (χ4v) is 3.52. The lowest BCUT2D eigenvalue weighted by atomic mass is 9.98. The average molecular weight is 425 g/mol. The molecule has 0 saturated carbocycles. The summed E-state index contributed by atoms with van der Waals surface area (Å²) >= 11 is 0. The van der Waals surface area contributed by atoms with Crippen molar-refractivity contribution in [2.75, 3.05) is 11.9 Å². The number of hydrogen-bond acceptors (Lipinski definition) is 2. The average Bonchev–Trinajstić information content (AvgIpc) is 2.75. The molecule has 3 aromatic carbocycles. The number of nitrogens with one attached hydrogen (secondary N) is 1. The maximum atomic E-state index is 12.7. The van der Waals surface area contributed by atoms with E-state index in [0.717, 1.165) is 22.4 Å². The molecular formula is C25H27F2N2O2+. The number of carbonyl (C=O) groups excluding carboxylic acids is 1. The molecule has 3 aromatic rings. The van der Waals surface area contributed by atoms with Crippen LogP contribution in [0.5, 0.6) is 5.75 Å². The minimum Gasteiger partial charge on any atom is -0.435 e. The SMILES string of the molecule is CC(C)c1ccccc1NC(=O)C[NH2+][C@@H](c1ccccc1)c1ccc(OC(F)F)cc1. The number of hydrogen-bond donors (Lipinski definition) is 2. The molecule has 0 radical (unpaired) electrons. The Labute approximate surface area is 181 Å². The first kappa shape index (κ1) is 22.4. The van der Waals surface area contributed by atoms with Gasteiger partial charge in [0.2, 0.25) is 0 Å². The van der Waals surface area contributed by atoms with Crippen LogP contribution in [0.15, 0.2) is 78.9 Å². The molecule has 0 fully saturated rings. The van der Waals surface area contributed by atoms with E-state index in [9.17, 15) is 13.6 Å². The number of para-hydroxylation sites is 1. The summed E-state index contributed by atoms with van der Waals surface area (Å²) in [5.41, 5.74) is 3.81. The Bertz CT molecular complexity index is 976. The highest BCUT2D eigenvalue weighted by Crippen LogP contribution is 2.24. The number of halogens is 2. The maximum Gasteiger partial charge on any atom is 0.387 e. The van der Waals surface area contributed by atoms with E-state index < -0.39 is 6.61 Å². The van der Waals surface area contributed by atoms with Gasteiger partial charge in [-0.1, -0.05) is 62.4 Å². The summed E-state index contributed by atoms with van der Waals surface area (Å²) < 4.78 is 29.3. The van der Waals surface area contributed by atoms with Crippen LogP contribution in [0.4, 0.5) is 14.5 Å². The Morgan fingerprint density at radius 1 is 0.903 bits per heavy atom. The molecule has 3 N–H and O–H groups in total. The van der Waals surface area contributed by atoms with Crippen molar-refractivity contribution in [3.63, 3.8) is 0 Å². The van der Waals surface area contributed by atoms with Gasteiger partial charge in [0.1, 0.15) is 11.8 Å². The lowest BCUT2D eigenvalue weighted by Gasteiger charge is -2.18. The van der Waals surface area contributed by atoms with E-state index in [1.807, 2.05) is 59.9 Å². The zero-order chi connectivity index (χ0) is 22.2. The van der Waals surface area contributed by atoms with E-state index in [4.69, 9.17) is 0 Å². The van der Waals surface area contributed by atoms with Gasteiger partial charge in [-0.2, -0.15) is 8.78 Å². The fourth-order valence-electron chi connectivity index (χ4n) is 3.52. The summed E-state index contributed by atoms with van der Waals surface area (Å²) in [6.45, 7) is 1.52. The van der Waals surface area contributed by atoms with E-state index in [1.54, 1.807) is 12.1 Å². The molecule has 6 heteroatoms. The normalized spacial score (nSPS) is 12.1. The third-order valence-corrected chi connectivity index (χ3v) is 5.02. The number of ether oxygens (including phenoxy) is 1. The van der Waals surface area contributed by atoms with Gasteiger partial charge in [-0.25, -0.2) is 0 Å². The number of anilines is 1. The van der Waals surface area contributed by atoms with Crippen molar-refractivity contribution >= 4 is 11.6 Å². The second kappa shape index (κ2) is 10.7. The monoisotopic (exact) mass is 425 g/mol. The van der Waals surface area contributed by atoms with E-state index in [-0.39, 0.29) is 24.2 Å². The Balaban J connectivity index is 1.73. The Hall–Kier alpha value is -3.25. The van der Waals surface area contributed by atoms with Gasteiger partial charge in [0, 0.05) is 16.8 Å². The molecule has 0 saturated heterocycles. The van der Waals surface area contributed by atoms with Crippen molar-refractivity contribution in [2.24, 2.45) is 0 Å². The molecule has 4 nitrogen and oxygen atoms in total. The maximum absolute atomic E-state index is 12.7. The predicted molar refractivity (Wildman–Crippen MR) is 117 cm³/mol. The van der Waals surface area contributed by atoms with Crippen LogP contribution in [-0.2, 0) is 4.79 Å². The zero-order valence-electron chi connectivity index (χ0n) is 17.6. The van der Waals surface area contributed by atoms with Crippen LogP contribution in [0.3, 0.4) is 0 Å². The number of alkyl halides is 2. The van der Waals surface area contributed by atoms with Crippen LogP contribution in [-0.4, -0.2) is 19.1 Å². The zero-order valence-corrected chi connectivity index (χ0v) is 17.6. The summed E-state index contributed by atoms with van der Waals surface area (Å²) in [7, 11) is 0. The van der Waals surface area contributed by atoms with Gasteiger partial charge in [0.05, 0.1) is 0 Å². The van der Waals surface area contributed by atoms with Crippen molar-refractivity contribution in [3.8, 4) is 5.75 Å². The number of rotatable bonds is 9. The molecular weight excluding hydrogens is 398 g/mol. The fraction of sp³-hybridized carbons (Fsp3) is 0.240. The molecule has 0 heterocycles. The van der Waals surface area contributed by atoms with Crippen LogP contribution in [0.1, 0.15) is 42.5 Å². The van der Waals surface area contributed by atoms with Crippen LogP contribution in [0.2, 0.25) is 0 Å². The quantitative estimate of drug-likeness (QED) is 0.522. The van der Waals surface area contributed by atoms with E-state index in [2.05, 4.69) is 23.9 Å². The lowest BCUT2D eigenvalue weighted by Crippen LogP contribution is -2.87. The second-order valence-electron chi connectivity index (χ2n) is 7.57. The highest BCUT2D eigenvalue weighted by molar-refractivity contribution is 5.92. The third kappa shape index (κ3) is 6.36. The van der Waals surface area contributed by atoms with Gasteiger partial charge < -0.3 is 15.4 Å². The van der Waals surface area contributed by atoms with Crippen molar-refractivity contribution in [1.29, 1.82) is 0 Å². The lowest BCUT2D eigenvalue weighted by molar-refractivity contribution is -0.676. The molecule has 3 rings (SSSR count). The number of benzene rings is 3. The molecule has 0 aliphatic carbocycles. The molecule has 1 amide bonds. The first-order chi connectivity index (χ1) is 14.9. The van der Waals surface area contributed by atoms with Crippen LogP contribution in [0, 0.1) is 0 Å². The number of nitrogens with two attached hydrogens (primary N) is 1. The van der Waals surface area contributed by atoms with Crippen LogP contribution in [0.25, 0.3) is 0 Å². The highest BCUT2D eigenvalue weighted by Gasteiger charge is 2.20. The molecule has 162 valence electrons. The minimum atomic E-state index is -2.86. The minimum absolute atomic E-state index is 0.105. The van der Waals surface area contributed by atoms with Gasteiger partial charge >= 0.3 is 6.61 Å². The van der Waals surface area contributed by atoms with Crippen LogP contribution >= 0.6 is 0 Å². The second-order valence-corrected chi connectivity index (χ2v) is 7.57. The van der Waals surface area contributed by atoms with Crippen molar-refractivity contribution in [2.45, 2.75) is 32.4 Å². The molecule has 0 aliphatic rings. The van der Waals surface area contributed by atoms with E-state index >= 15 is 0 Å². The standard InChI is InChI=1S/C25H26F2N2O2/c1-17(2)21-10-6-7-11-22(21)29-23(30)16-28-24(18-8-4-3-5-9-18)19-12-14-20(15-13-19)31-25(26)27/h3-15,17,24-25,28H,16H2,1-2H3,(H,29,30)/p+1/t24-/m0/s1. The molecule has 0 spiro atoms. The van der Waals surface area contributed by atoms with Gasteiger partial charge in [-0.3, -0.25) is 4.79 Å². The van der Waals surface area contributed by atoms with Crippen molar-refractivity contribution in [3.05, 3.63) is 95.6 Å². The Morgan fingerprint density at radius 3 is 2.16 bits per heavy atom. The summed E-state index contributed by atoms with van der Waals surface area (Å²) in [4.78, 5) is 12.7. The molecule has 0 aliphatic heterocycles. The number of carbonyl (C=O) groups is 1. The first-order valence-corrected chi connectivity index (χ1v) is 10.3. The van der Waals surface area contributed by atoms with Gasteiger partial charge in [0.15, 0.2) is 6.54 Å². The first-order valence-electron chi connectivity index (χ1n) is 10.3. The number of quaternary nitrogens is 1. The van der Waals surface area contributed by atoms with E-state index in [1.165, 1.54) is 12.1 Å². The summed E-state index contributed by atoms with van der Waals surface area (Å²) in [5, 5.41) is 4.94. The highest BCUT2D eigenvalue weighted by atomic mass is 19.3. The number of amides is 1. The van der Waals surface area contributed by atoms with Crippen molar-refractivity contribution in [1.82, 2.24) is 0 Å². The molecule has 0 bridgehead atoms.